The average Bonchev–Trinajstić information content (AvgIpc) is 2.03. The summed E-state index contributed by atoms with van der Waals surface area (Å²) in [5.41, 5.74) is 1.19. The van der Waals surface area contributed by atoms with Crippen LogP contribution in [0.5, 0.6) is 0 Å². The van der Waals surface area contributed by atoms with E-state index in [1.54, 1.807) is 0 Å². The van der Waals surface area contributed by atoms with Gasteiger partial charge in [0.1, 0.15) is 6.54 Å². The Morgan fingerprint density at radius 1 is 1.75 bits per heavy atom. The lowest BCUT2D eigenvalue weighted by Crippen LogP contribution is -3.04. The Bertz CT molecular complexity index is 231. The fraction of sp³-hybridized carbons (Fsp3) is 0.444. The number of carbonyl (C=O) groups excluding carboxylic acids is 1. The van der Waals surface area contributed by atoms with Crippen molar-refractivity contribution in [1.29, 1.82) is 0 Å². The Hall–Kier alpha value is -1.09. The van der Waals surface area contributed by atoms with Crippen molar-refractivity contribution in [2.75, 3.05) is 20.1 Å². The van der Waals surface area contributed by atoms with E-state index in [9.17, 15) is 4.79 Å². The first-order chi connectivity index (χ1) is 5.68. The second kappa shape index (κ2) is 4.07. The van der Waals surface area contributed by atoms with Crippen LogP contribution >= 0.6 is 0 Å². The average molecular weight is 167 g/mol. The van der Waals surface area contributed by atoms with E-state index in [1.165, 1.54) is 17.4 Å². The quantitative estimate of drug-likeness (QED) is 0.548. The SMILES string of the molecule is CC(=O)NCC1=CC[NH+](C)C=C1. The highest BCUT2D eigenvalue weighted by Gasteiger charge is 2.03. The zero-order valence-corrected chi connectivity index (χ0v) is 7.55. The zero-order chi connectivity index (χ0) is 8.97. The molecule has 2 N–H and O–H groups in total. The number of amides is 1. The minimum absolute atomic E-state index is 0.0237. The molecule has 0 aliphatic carbocycles. The Balaban J connectivity index is 2.35. The number of likely N-dealkylation sites (N-methyl/N-ethyl adjacent to an activating group) is 1. The first-order valence-electron chi connectivity index (χ1n) is 4.12. The minimum atomic E-state index is 0.0237. The molecule has 0 radical (unpaired) electrons. The third-order valence-corrected chi connectivity index (χ3v) is 1.81. The first-order valence-corrected chi connectivity index (χ1v) is 4.12. The maximum atomic E-state index is 10.6. The fourth-order valence-electron chi connectivity index (χ4n) is 1.04. The molecule has 0 spiro atoms. The van der Waals surface area contributed by atoms with Crippen LogP contribution in [0, 0.1) is 0 Å². The summed E-state index contributed by atoms with van der Waals surface area (Å²) < 4.78 is 0. The standard InChI is InChI=1S/C9H14N2O/c1-8(12)10-7-9-3-5-11(2)6-4-9/h3-5H,6-7H2,1-2H3,(H,10,12)/p+1. The van der Waals surface area contributed by atoms with E-state index in [4.69, 9.17) is 0 Å². The van der Waals surface area contributed by atoms with Crippen molar-refractivity contribution in [3.05, 3.63) is 23.9 Å². The van der Waals surface area contributed by atoms with Crippen LogP contribution in [0.4, 0.5) is 0 Å². The van der Waals surface area contributed by atoms with Gasteiger partial charge in [-0.15, -0.1) is 0 Å². The van der Waals surface area contributed by atoms with Gasteiger partial charge in [0.2, 0.25) is 5.91 Å². The predicted molar refractivity (Wildman–Crippen MR) is 47.7 cm³/mol. The molecule has 1 aliphatic rings. The summed E-state index contributed by atoms with van der Waals surface area (Å²) in [6, 6.07) is 0. The van der Waals surface area contributed by atoms with Crippen molar-refractivity contribution in [2.45, 2.75) is 6.92 Å². The maximum absolute atomic E-state index is 10.6. The largest absolute Gasteiger partial charge is 0.352 e. The van der Waals surface area contributed by atoms with Gasteiger partial charge >= 0.3 is 0 Å². The topological polar surface area (TPSA) is 33.5 Å². The highest BCUT2D eigenvalue weighted by atomic mass is 16.1. The van der Waals surface area contributed by atoms with Gasteiger partial charge in [0, 0.05) is 13.5 Å². The summed E-state index contributed by atoms with van der Waals surface area (Å²) in [5, 5.41) is 2.76. The van der Waals surface area contributed by atoms with E-state index in [2.05, 4.69) is 30.7 Å². The van der Waals surface area contributed by atoms with E-state index in [1.807, 2.05) is 0 Å². The van der Waals surface area contributed by atoms with Crippen LogP contribution in [0.2, 0.25) is 0 Å². The Morgan fingerprint density at radius 3 is 3.00 bits per heavy atom. The van der Waals surface area contributed by atoms with E-state index < -0.39 is 0 Å². The van der Waals surface area contributed by atoms with Gasteiger partial charge in [0.05, 0.1) is 13.2 Å². The number of carbonyl (C=O) groups is 1. The van der Waals surface area contributed by atoms with Crippen LogP contribution in [0.3, 0.4) is 0 Å². The van der Waals surface area contributed by atoms with Crippen molar-refractivity contribution in [3.63, 3.8) is 0 Å². The highest BCUT2D eigenvalue weighted by molar-refractivity contribution is 5.73. The highest BCUT2D eigenvalue weighted by Crippen LogP contribution is 1.94. The number of hydrogen-bond acceptors (Lipinski definition) is 1. The van der Waals surface area contributed by atoms with Gasteiger partial charge in [-0.1, -0.05) is 0 Å². The lowest BCUT2D eigenvalue weighted by molar-refractivity contribution is -0.818. The lowest BCUT2D eigenvalue weighted by Gasteiger charge is -2.12. The Kier molecular flexibility index (Phi) is 3.05. The molecular weight excluding hydrogens is 152 g/mol. The maximum Gasteiger partial charge on any atom is 0.217 e. The van der Waals surface area contributed by atoms with E-state index in [-0.39, 0.29) is 5.91 Å². The molecule has 1 aliphatic heterocycles. The molecule has 1 amide bonds. The molecule has 0 bridgehead atoms. The molecule has 0 aromatic heterocycles. The van der Waals surface area contributed by atoms with E-state index in [0.717, 1.165) is 6.54 Å². The summed E-state index contributed by atoms with van der Waals surface area (Å²) >= 11 is 0. The van der Waals surface area contributed by atoms with Crippen molar-refractivity contribution in [3.8, 4) is 0 Å². The van der Waals surface area contributed by atoms with Gasteiger partial charge in [-0.3, -0.25) is 4.79 Å². The molecule has 1 heterocycles. The number of nitrogens with one attached hydrogen (secondary N) is 2. The summed E-state index contributed by atoms with van der Waals surface area (Å²) in [7, 11) is 2.10. The van der Waals surface area contributed by atoms with Crippen LogP contribution < -0.4 is 10.2 Å². The molecule has 0 aromatic carbocycles. The molecule has 3 heteroatoms. The monoisotopic (exact) mass is 167 g/mol. The molecule has 66 valence electrons. The normalized spacial score (nSPS) is 21.8. The van der Waals surface area contributed by atoms with Crippen LogP contribution in [0.1, 0.15) is 6.92 Å². The third-order valence-electron chi connectivity index (χ3n) is 1.81. The number of quaternary nitrogens is 1. The van der Waals surface area contributed by atoms with Gasteiger partial charge in [-0.2, -0.15) is 0 Å². The molecule has 0 saturated carbocycles. The summed E-state index contributed by atoms with van der Waals surface area (Å²) in [5.74, 6) is 0.0237. The number of hydrogen-bond donors (Lipinski definition) is 2. The van der Waals surface area contributed by atoms with Gasteiger partial charge in [-0.05, 0) is 17.7 Å². The molecule has 12 heavy (non-hydrogen) atoms. The summed E-state index contributed by atoms with van der Waals surface area (Å²) in [4.78, 5) is 11.9. The smallest absolute Gasteiger partial charge is 0.217 e. The van der Waals surface area contributed by atoms with Gasteiger partial charge in [-0.25, -0.2) is 0 Å². The third kappa shape index (κ3) is 2.88. The van der Waals surface area contributed by atoms with Crippen LogP contribution in [0.25, 0.3) is 0 Å². The zero-order valence-electron chi connectivity index (χ0n) is 7.55. The van der Waals surface area contributed by atoms with Crippen molar-refractivity contribution < 1.29 is 9.69 Å². The van der Waals surface area contributed by atoms with E-state index >= 15 is 0 Å². The molecular formula is C9H15N2O+. The second-order valence-electron chi connectivity index (χ2n) is 3.07. The molecule has 0 saturated heterocycles. The molecule has 0 aromatic rings. The van der Waals surface area contributed by atoms with Crippen molar-refractivity contribution in [2.24, 2.45) is 0 Å². The van der Waals surface area contributed by atoms with Gasteiger partial charge in [0.15, 0.2) is 0 Å². The molecule has 1 unspecified atom stereocenters. The molecule has 1 rings (SSSR count). The number of rotatable bonds is 2. The predicted octanol–water partition coefficient (Wildman–Crippen LogP) is -0.909. The summed E-state index contributed by atoms with van der Waals surface area (Å²) in [6.07, 6.45) is 6.29. The van der Waals surface area contributed by atoms with E-state index in [0.29, 0.717) is 6.54 Å². The fourth-order valence-corrected chi connectivity index (χ4v) is 1.04. The molecule has 1 atom stereocenters. The van der Waals surface area contributed by atoms with Crippen LogP contribution in [0.15, 0.2) is 23.9 Å². The molecule has 3 nitrogen and oxygen atoms in total. The Morgan fingerprint density at radius 2 is 2.50 bits per heavy atom. The summed E-state index contributed by atoms with van der Waals surface area (Å²) in [6.45, 7) is 3.19. The first kappa shape index (κ1) is 9.00. The van der Waals surface area contributed by atoms with Gasteiger partial charge < -0.3 is 10.2 Å². The van der Waals surface area contributed by atoms with Crippen LogP contribution in [-0.4, -0.2) is 26.0 Å². The lowest BCUT2D eigenvalue weighted by atomic mass is 10.2. The minimum Gasteiger partial charge on any atom is -0.352 e. The Labute approximate surface area is 72.7 Å². The van der Waals surface area contributed by atoms with Gasteiger partial charge in [0.25, 0.3) is 0 Å². The van der Waals surface area contributed by atoms with Crippen molar-refractivity contribution in [1.82, 2.24) is 5.32 Å². The molecule has 0 fully saturated rings. The van der Waals surface area contributed by atoms with Crippen LogP contribution in [-0.2, 0) is 4.79 Å². The second-order valence-corrected chi connectivity index (χ2v) is 3.07. The van der Waals surface area contributed by atoms with Crippen molar-refractivity contribution >= 4 is 5.91 Å².